The molecule has 0 aromatic heterocycles. The van der Waals surface area contributed by atoms with Crippen LogP contribution < -0.4 is 0 Å². The van der Waals surface area contributed by atoms with Crippen LogP contribution in [0.3, 0.4) is 0 Å². The lowest BCUT2D eigenvalue weighted by atomic mass is 9.74. The maximum absolute atomic E-state index is 8.12. The van der Waals surface area contributed by atoms with Gasteiger partial charge in [0.15, 0.2) is 0 Å². The molecule has 6 aromatic carbocycles. The summed E-state index contributed by atoms with van der Waals surface area (Å²) in [5.74, 6) is 0. The van der Waals surface area contributed by atoms with Gasteiger partial charge in [0.2, 0.25) is 0 Å². The van der Waals surface area contributed by atoms with E-state index in [1.165, 1.54) is 157 Å². The lowest BCUT2D eigenvalue weighted by molar-refractivity contribution is -0.193. The lowest BCUT2D eigenvalue weighted by Crippen LogP contribution is -2.21. The molecule has 0 unspecified atom stereocenters. The number of hydrogen-bond donors (Lipinski definition) is 0. The van der Waals surface area contributed by atoms with Gasteiger partial charge in [-0.25, -0.2) is 0 Å². The van der Waals surface area contributed by atoms with Gasteiger partial charge in [-0.15, -0.1) is 0 Å². The maximum Gasteiger partial charge on any atom is 0.373 e. The Kier molecular flexibility index (Phi) is 25.3. The summed E-state index contributed by atoms with van der Waals surface area (Å²) in [5.41, 5.74) is 16.5. The van der Waals surface area contributed by atoms with Gasteiger partial charge in [-0.2, -0.15) is 19.2 Å². The van der Waals surface area contributed by atoms with E-state index in [0.29, 0.717) is 0 Å². The fourth-order valence-corrected chi connectivity index (χ4v) is 9.61. The lowest BCUT2D eigenvalue weighted by Gasteiger charge is -2.29. The van der Waals surface area contributed by atoms with Crippen molar-refractivity contribution in [3.8, 4) is 0 Å². The standard InChI is InChI=1S/C34H46.C32H42.2CO2/c1-7-8-9-10-11-12-13-14-28-17-21-30(22-18-28)34(5,6)32-25-23-31(24-26-32)33(3,4)29-19-15-27(2)16-20-29;1-7-8-9-10-11-12-26-15-19-28(20-16-26)32(5,6)30-23-21-29(22-24-30)31(3,4)27-17-13-25(2)14-18-27;2*2-1-3/h15-26H,7-14H2,1-6H3;13-24H,7-12H2,1-6H3;;. The Morgan fingerprint density at radius 1 is 0.278 bits per heavy atom. The minimum atomic E-state index is -0.00958. The van der Waals surface area contributed by atoms with Crippen molar-refractivity contribution < 1.29 is 19.2 Å². The Morgan fingerprint density at radius 3 is 0.653 bits per heavy atom. The molecular formula is C68H88O4. The average molecular weight is 969 g/mol. The van der Waals surface area contributed by atoms with Gasteiger partial charge >= 0.3 is 12.3 Å². The highest BCUT2D eigenvalue weighted by Crippen LogP contribution is 2.38. The molecule has 0 aliphatic heterocycles. The molecule has 6 aromatic rings. The second kappa shape index (κ2) is 30.2. The third kappa shape index (κ3) is 18.3. The van der Waals surface area contributed by atoms with Gasteiger partial charge in [-0.1, -0.05) is 290 Å². The first-order valence-electron chi connectivity index (χ1n) is 26.9. The molecule has 0 N–H and O–H groups in total. The summed E-state index contributed by atoms with van der Waals surface area (Å²) in [7, 11) is 0. The zero-order chi connectivity index (χ0) is 53.2. The smallest absolute Gasteiger partial charge is 0.186 e. The maximum atomic E-state index is 8.12. The first-order chi connectivity index (χ1) is 34.3. The van der Waals surface area contributed by atoms with E-state index in [4.69, 9.17) is 19.2 Å². The Hall–Kier alpha value is -5.92. The van der Waals surface area contributed by atoms with Gasteiger partial charge in [0, 0.05) is 21.7 Å². The minimum Gasteiger partial charge on any atom is -0.186 e. The Bertz CT molecular complexity index is 2480. The van der Waals surface area contributed by atoms with Crippen LogP contribution in [-0.2, 0) is 53.7 Å². The molecule has 0 heterocycles. The highest BCUT2D eigenvalue weighted by molar-refractivity contribution is 5.46. The molecule has 0 saturated carbocycles. The summed E-state index contributed by atoms with van der Waals surface area (Å²) in [6, 6.07) is 55.3. The van der Waals surface area contributed by atoms with E-state index in [9.17, 15) is 0 Å². The van der Waals surface area contributed by atoms with Crippen molar-refractivity contribution in [1.82, 2.24) is 0 Å². The Balaban J connectivity index is 0.000000343. The van der Waals surface area contributed by atoms with Crippen LogP contribution in [0.25, 0.3) is 0 Å². The molecule has 384 valence electrons. The molecule has 0 bridgehead atoms. The van der Waals surface area contributed by atoms with Crippen LogP contribution >= 0.6 is 0 Å². The Morgan fingerprint density at radius 2 is 0.444 bits per heavy atom. The third-order valence-corrected chi connectivity index (χ3v) is 15.2. The molecule has 4 nitrogen and oxygen atoms in total. The molecule has 0 amide bonds. The van der Waals surface area contributed by atoms with E-state index < -0.39 is 0 Å². The van der Waals surface area contributed by atoms with E-state index in [-0.39, 0.29) is 34.0 Å². The summed E-state index contributed by atoms with van der Waals surface area (Å²) >= 11 is 0. The molecule has 0 spiro atoms. The van der Waals surface area contributed by atoms with Crippen molar-refractivity contribution in [3.05, 3.63) is 212 Å². The van der Waals surface area contributed by atoms with Gasteiger partial charge in [0.1, 0.15) is 0 Å². The van der Waals surface area contributed by atoms with Gasteiger partial charge in [-0.3, -0.25) is 0 Å². The van der Waals surface area contributed by atoms with Gasteiger partial charge < -0.3 is 0 Å². The van der Waals surface area contributed by atoms with Gasteiger partial charge in [0.05, 0.1) is 0 Å². The zero-order valence-corrected chi connectivity index (χ0v) is 46.4. The summed E-state index contributed by atoms with van der Waals surface area (Å²) < 4.78 is 0. The average Bonchev–Trinajstić information content (AvgIpc) is 3.37. The van der Waals surface area contributed by atoms with Crippen molar-refractivity contribution in [3.63, 3.8) is 0 Å². The third-order valence-electron chi connectivity index (χ3n) is 15.2. The van der Waals surface area contributed by atoms with Crippen molar-refractivity contribution in [2.45, 2.75) is 195 Å². The predicted molar refractivity (Wildman–Crippen MR) is 301 cm³/mol. The summed E-state index contributed by atoms with van der Waals surface area (Å²) in [6.07, 6.45) is 19.2. The monoisotopic (exact) mass is 969 g/mol. The quantitative estimate of drug-likeness (QED) is 0.0636. The van der Waals surface area contributed by atoms with Crippen LogP contribution in [0.5, 0.6) is 0 Å². The fraction of sp³-hybridized carbons (Fsp3) is 0.441. The molecular weight excluding hydrogens is 881 g/mol. The van der Waals surface area contributed by atoms with Crippen molar-refractivity contribution in [1.29, 1.82) is 0 Å². The normalized spacial score (nSPS) is 11.4. The van der Waals surface area contributed by atoms with Crippen LogP contribution in [0, 0.1) is 13.8 Å². The van der Waals surface area contributed by atoms with Crippen molar-refractivity contribution in [2.24, 2.45) is 0 Å². The molecule has 0 radical (unpaired) electrons. The first kappa shape index (κ1) is 60.4. The predicted octanol–water partition coefficient (Wildman–Crippen LogP) is 17.9. The topological polar surface area (TPSA) is 68.3 Å². The molecule has 6 rings (SSSR count). The van der Waals surface area contributed by atoms with Crippen LogP contribution in [0.4, 0.5) is 0 Å². The van der Waals surface area contributed by atoms with Crippen LogP contribution in [0.2, 0.25) is 0 Å². The van der Waals surface area contributed by atoms with Crippen molar-refractivity contribution >= 4 is 12.3 Å². The van der Waals surface area contributed by atoms with Gasteiger partial charge in [0.25, 0.3) is 0 Å². The van der Waals surface area contributed by atoms with Gasteiger partial charge in [-0.05, 0) is 95.2 Å². The van der Waals surface area contributed by atoms with E-state index in [0.717, 1.165) is 0 Å². The molecule has 0 aliphatic carbocycles. The minimum absolute atomic E-state index is 0.00481. The first-order valence-corrected chi connectivity index (χ1v) is 26.9. The zero-order valence-electron chi connectivity index (χ0n) is 46.4. The van der Waals surface area contributed by atoms with Crippen LogP contribution in [0.15, 0.2) is 146 Å². The number of unbranched alkanes of at least 4 members (excludes halogenated alkanes) is 10. The number of hydrogen-bond acceptors (Lipinski definition) is 4. The van der Waals surface area contributed by atoms with Crippen molar-refractivity contribution in [2.75, 3.05) is 0 Å². The van der Waals surface area contributed by atoms with Crippen LogP contribution in [-0.4, -0.2) is 12.3 Å². The number of carbonyl (C=O) groups excluding carboxylic acids is 4. The molecule has 0 aliphatic rings. The molecule has 72 heavy (non-hydrogen) atoms. The largest absolute Gasteiger partial charge is 0.373 e. The molecule has 0 atom stereocenters. The summed E-state index contributed by atoms with van der Waals surface area (Å²) in [4.78, 5) is 32.5. The number of benzene rings is 6. The SMILES string of the molecule is CCCCCCCCCc1ccc(C(C)(C)c2ccc(C(C)(C)c3ccc(C)cc3)cc2)cc1.CCCCCCCc1ccc(C(C)(C)c2ccc(C(C)(C)c3ccc(C)cc3)cc2)cc1.O=C=O.O=C=O. The molecule has 4 heteroatoms. The van der Waals surface area contributed by atoms with E-state index in [1.807, 2.05) is 0 Å². The second-order valence-electron chi connectivity index (χ2n) is 22.0. The summed E-state index contributed by atoms with van der Waals surface area (Å²) in [6.45, 7) is 27.5. The number of rotatable bonds is 22. The van der Waals surface area contributed by atoms with E-state index in [2.05, 4.69) is 229 Å². The Labute approximate surface area is 436 Å². The highest BCUT2D eigenvalue weighted by Gasteiger charge is 2.28. The molecule has 0 saturated heterocycles. The molecule has 0 fully saturated rings. The van der Waals surface area contributed by atoms with E-state index >= 15 is 0 Å². The van der Waals surface area contributed by atoms with E-state index in [1.54, 1.807) is 0 Å². The highest BCUT2D eigenvalue weighted by atomic mass is 16.2. The fourth-order valence-electron chi connectivity index (χ4n) is 9.61. The summed E-state index contributed by atoms with van der Waals surface area (Å²) in [5, 5.41) is 0. The number of aryl methyl sites for hydroxylation is 4. The van der Waals surface area contributed by atoms with Crippen LogP contribution in [0.1, 0.15) is 213 Å². The second-order valence-corrected chi connectivity index (χ2v) is 22.0.